The van der Waals surface area contributed by atoms with Crippen molar-refractivity contribution in [3.63, 3.8) is 0 Å². The van der Waals surface area contributed by atoms with Gasteiger partial charge in [0.05, 0.1) is 19.3 Å². The first kappa shape index (κ1) is 19.1. The molecule has 1 atom stereocenters. The number of benzene rings is 1. The van der Waals surface area contributed by atoms with E-state index in [0.717, 1.165) is 48.5 Å². The number of hydrogen-bond acceptors (Lipinski definition) is 3. The highest BCUT2D eigenvalue weighted by Gasteiger charge is 2.15. The third-order valence-corrected chi connectivity index (χ3v) is 4.39. The average molecular weight is 402 g/mol. The second-order valence-electron chi connectivity index (χ2n) is 5.57. The molecule has 0 aromatic heterocycles. The van der Waals surface area contributed by atoms with Gasteiger partial charge in [-0.05, 0) is 43.5 Å². The van der Waals surface area contributed by atoms with Crippen LogP contribution in [0.15, 0.2) is 27.7 Å². The smallest absolute Gasteiger partial charge is 0.191 e. The van der Waals surface area contributed by atoms with E-state index in [1.807, 2.05) is 6.92 Å². The van der Waals surface area contributed by atoms with Gasteiger partial charge in [-0.25, -0.2) is 9.38 Å². The van der Waals surface area contributed by atoms with E-state index in [2.05, 4.69) is 31.6 Å². The van der Waals surface area contributed by atoms with Crippen molar-refractivity contribution < 1.29 is 13.9 Å². The van der Waals surface area contributed by atoms with Gasteiger partial charge in [0, 0.05) is 30.8 Å². The highest BCUT2D eigenvalue weighted by Crippen LogP contribution is 2.18. The van der Waals surface area contributed by atoms with Crippen LogP contribution in [0.1, 0.15) is 25.3 Å². The molecule has 1 aliphatic rings. The first-order valence-corrected chi connectivity index (χ1v) is 9.13. The molecule has 1 aromatic carbocycles. The fourth-order valence-electron chi connectivity index (χ4n) is 2.34. The Morgan fingerprint density at radius 2 is 2.33 bits per heavy atom. The molecule has 0 bridgehead atoms. The molecular formula is C17H25BrFN3O2. The third kappa shape index (κ3) is 6.75. The van der Waals surface area contributed by atoms with Gasteiger partial charge in [0.15, 0.2) is 5.96 Å². The van der Waals surface area contributed by atoms with Crippen LogP contribution in [0.3, 0.4) is 0 Å². The summed E-state index contributed by atoms with van der Waals surface area (Å²) in [5.74, 6) is 0.465. The van der Waals surface area contributed by atoms with Gasteiger partial charge < -0.3 is 20.1 Å². The molecule has 24 heavy (non-hydrogen) atoms. The Morgan fingerprint density at radius 1 is 1.46 bits per heavy atom. The Kier molecular flexibility index (Phi) is 8.49. The summed E-state index contributed by atoms with van der Waals surface area (Å²) in [7, 11) is 0. The van der Waals surface area contributed by atoms with Gasteiger partial charge >= 0.3 is 0 Å². The Bertz CT molecular complexity index is 537. The second kappa shape index (κ2) is 10.6. The largest absolute Gasteiger partial charge is 0.379 e. The quantitative estimate of drug-likeness (QED) is 0.399. The lowest BCUT2D eigenvalue weighted by atomic mass is 10.2. The molecule has 0 saturated carbocycles. The summed E-state index contributed by atoms with van der Waals surface area (Å²) in [6.07, 6.45) is 2.13. The molecule has 2 N–H and O–H groups in total. The lowest BCUT2D eigenvalue weighted by Crippen LogP contribution is -2.38. The zero-order chi connectivity index (χ0) is 17.2. The fraction of sp³-hybridized carbons (Fsp3) is 0.588. The maximum absolute atomic E-state index is 13.3. The molecule has 2 rings (SSSR count). The van der Waals surface area contributed by atoms with Crippen LogP contribution >= 0.6 is 15.9 Å². The van der Waals surface area contributed by atoms with Crippen LogP contribution in [0.2, 0.25) is 0 Å². The van der Waals surface area contributed by atoms with Crippen LogP contribution in [-0.2, 0) is 16.0 Å². The van der Waals surface area contributed by atoms with E-state index < -0.39 is 0 Å². The van der Waals surface area contributed by atoms with Crippen LogP contribution in [0, 0.1) is 5.82 Å². The fourth-order valence-corrected chi connectivity index (χ4v) is 2.72. The van der Waals surface area contributed by atoms with Gasteiger partial charge in [-0.15, -0.1) is 0 Å². The molecule has 5 nitrogen and oxygen atoms in total. The highest BCUT2D eigenvalue weighted by molar-refractivity contribution is 9.10. The first-order valence-electron chi connectivity index (χ1n) is 8.34. The number of aliphatic imine (C=N–C) groups is 1. The Hall–Kier alpha value is -1.18. The molecule has 1 aromatic rings. The summed E-state index contributed by atoms with van der Waals surface area (Å²) >= 11 is 3.42. The number of guanidine groups is 1. The normalized spacial score (nSPS) is 18.0. The van der Waals surface area contributed by atoms with Crippen LogP contribution < -0.4 is 10.6 Å². The van der Waals surface area contributed by atoms with Gasteiger partial charge in [0.25, 0.3) is 0 Å². The lowest BCUT2D eigenvalue weighted by molar-refractivity contribution is 0.0420. The van der Waals surface area contributed by atoms with Gasteiger partial charge in [0.2, 0.25) is 0 Å². The Morgan fingerprint density at radius 3 is 3.08 bits per heavy atom. The van der Waals surface area contributed by atoms with Crippen molar-refractivity contribution in [3.8, 4) is 0 Å². The van der Waals surface area contributed by atoms with Crippen molar-refractivity contribution in [2.45, 2.75) is 32.4 Å². The monoisotopic (exact) mass is 401 g/mol. The molecule has 1 fully saturated rings. The van der Waals surface area contributed by atoms with Crippen molar-refractivity contribution in [1.82, 2.24) is 10.6 Å². The number of rotatable bonds is 8. The summed E-state index contributed by atoms with van der Waals surface area (Å²) in [6, 6.07) is 4.62. The minimum absolute atomic E-state index is 0.247. The molecule has 0 radical (unpaired) electrons. The predicted octanol–water partition coefficient (Wildman–Crippen LogP) is 2.84. The van der Waals surface area contributed by atoms with Gasteiger partial charge in [-0.2, -0.15) is 0 Å². The summed E-state index contributed by atoms with van der Waals surface area (Å²) < 4.78 is 25.2. The predicted molar refractivity (Wildman–Crippen MR) is 96.7 cm³/mol. The molecular weight excluding hydrogens is 377 g/mol. The number of halogens is 2. The van der Waals surface area contributed by atoms with E-state index >= 15 is 0 Å². The number of nitrogens with zero attached hydrogens (tertiary/aromatic N) is 1. The van der Waals surface area contributed by atoms with Crippen molar-refractivity contribution in [1.29, 1.82) is 0 Å². The molecule has 0 amide bonds. The van der Waals surface area contributed by atoms with E-state index in [4.69, 9.17) is 9.47 Å². The zero-order valence-electron chi connectivity index (χ0n) is 14.0. The van der Waals surface area contributed by atoms with Crippen molar-refractivity contribution in [2.24, 2.45) is 4.99 Å². The lowest BCUT2D eigenvalue weighted by Gasteiger charge is -2.13. The second-order valence-corrected chi connectivity index (χ2v) is 6.42. The van der Waals surface area contributed by atoms with Gasteiger partial charge in [-0.1, -0.05) is 15.9 Å². The van der Waals surface area contributed by atoms with Crippen molar-refractivity contribution in [3.05, 3.63) is 34.1 Å². The van der Waals surface area contributed by atoms with E-state index in [9.17, 15) is 4.39 Å². The first-order chi connectivity index (χ1) is 11.7. The van der Waals surface area contributed by atoms with Gasteiger partial charge in [-0.3, -0.25) is 0 Å². The maximum atomic E-state index is 13.3. The molecule has 1 aliphatic heterocycles. The minimum Gasteiger partial charge on any atom is -0.379 e. The molecule has 0 spiro atoms. The molecule has 7 heteroatoms. The van der Waals surface area contributed by atoms with Crippen LogP contribution in [0.25, 0.3) is 0 Å². The van der Waals surface area contributed by atoms with Crippen LogP contribution in [0.5, 0.6) is 0 Å². The summed E-state index contributed by atoms with van der Waals surface area (Å²) in [4.78, 5) is 4.50. The molecule has 1 unspecified atom stereocenters. The Labute approximate surface area is 151 Å². The summed E-state index contributed by atoms with van der Waals surface area (Å²) in [5, 5.41) is 6.46. The number of hydrogen-bond donors (Lipinski definition) is 2. The number of nitrogens with one attached hydrogen (secondary N) is 2. The van der Waals surface area contributed by atoms with Crippen molar-refractivity contribution >= 4 is 21.9 Å². The maximum Gasteiger partial charge on any atom is 0.191 e. The highest BCUT2D eigenvalue weighted by atomic mass is 79.9. The van der Waals surface area contributed by atoms with E-state index in [0.29, 0.717) is 19.8 Å². The zero-order valence-corrected chi connectivity index (χ0v) is 15.6. The average Bonchev–Trinajstić information content (AvgIpc) is 3.08. The molecule has 0 aliphatic carbocycles. The molecule has 134 valence electrons. The standard InChI is InChI=1S/C17H25BrFN3O2/c1-2-20-17(21-7-3-8-24-15-6-9-23-12-15)22-11-13-10-14(19)4-5-16(13)18/h4-5,10,15H,2-3,6-9,11-12H2,1H3,(H2,20,21,22). The van der Waals surface area contributed by atoms with Crippen molar-refractivity contribution in [2.75, 3.05) is 32.9 Å². The number of ether oxygens (including phenoxy) is 2. The van der Waals surface area contributed by atoms with Crippen LogP contribution in [-0.4, -0.2) is 45.0 Å². The topological polar surface area (TPSA) is 54.9 Å². The van der Waals surface area contributed by atoms with E-state index in [-0.39, 0.29) is 11.9 Å². The molecule has 1 saturated heterocycles. The molecule has 1 heterocycles. The van der Waals surface area contributed by atoms with Crippen LogP contribution in [0.4, 0.5) is 4.39 Å². The Balaban J connectivity index is 1.74. The van der Waals surface area contributed by atoms with E-state index in [1.165, 1.54) is 12.1 Å². The van der Waals surface area contributed by atoms with Gasteiger partial charge in [0.1, 0.15) is 5.82 Å². The summed E-state index contributed by atoms with van der Waals surface area (Å²) in [6.45, 7) is 6.17. The SMILES string of the molecule is CCNC(=NCc1cc(F)ccc1Br)NCCCOC1CCOC1. The third-order valence-electron chi connectivity index (χ3n) is 3.61. The summed E-state index contributed by atoms with van der Waals surface area (Å²) in [5.41, 5.74) is 0.816. The minimum atomic E-state index is -0.255. The van der Waals surface area contributed by atoms with E-state index in [1.54, 1.807) is 6.07 Å².